The minimum absolute atomic E-state index is 0.0768. The summed E-state index contributed by atoms with van der Waals surface area (Å²) in [5.74, 6) is -0.0768. The van der Waals surface area contributed by atoms with Crippen LogP contribution in [0.15, 0.2) is 12.7 Å². The Bertz CT molecular complexity index is 207. The fraction of sp³-hybridized carbons (Fsp3) is 0.727. The van der Waals surface area contributed by atoms with Crippen molar-refractivity contribution in [2.24, 2.45) is 5.41 Å². The maximum Gasteiger partial charge on any atom is 0.313 e. The Morgan fingerprint density at radius 2 is 2.50 bits per heavy atom. The molecule has 1 N–H and O–H groups in total. The van der Waals surface area contributed by atoms with Crippen LogP contribution in [-0.2, 0) is 9.53 Å². The van der Waals surface area contributed by atoms with Crippen LogP contribution in [0.4, 0.5) is 0 Å². The lowest BCUT2D eigenvalue weighted by molar-refractivity contribution is -0.156. The Balaban J connectivity index is 2.68. The Kier molecular flexibility index (Phi) is 4.14. The third-order valence-electron chi connectivity index (χ3n) is 2.72. The highest BCUT2D eigenvalue weighted by Gasteiger charge is 2.39. The molecule has 0 bridgehead atoms. The van der Waals surface area contributed by atoms with E-state index in [0.29, 0.717) is 13.0 Å². The molecule has 0 aromatic carbocycles. The number of esters is 1. The van der Waals surface area contributed by atoms with Crippen LogP contribution in [0.25, 0.3) is 0 Å². The molecule has 1 aliphatic heterocycles. The molecule has 1 fully saturated rings. The summed E-state index contributed by atoms with van der Waals surface area (Å²) >= 11 is 0. The summed E-state index contributed by atoms with van der Waals surface area (Å²) in [5, 5.41) is 3.25. The van der Waals surface area contributed by atoms with Gasteiger partial charge in [0.25, 0.3) is 0 Å². The number of carbonyl (C=O) groups is 1. The van der Waals surface area contributed by atoms with Crippen molar-refractivity contribution in [3.8, 4) is 0 Å². The van der Waals surface area contributed by atoms with Gasteiger partial charge in [-0.25, -0.2) is 0 Å². The highest BCUT2D eigenvalue weighted by Crippen LogP contribution is 2.32. The highest BCUT2D eigenvalue weighted by atomic mass is 16.5. The third-order valence-corrected chi connectivity index (χ3v) is 2.72. The fourth-order valence-electron chi connectivity index (χ4n) is 1.96. The smallest absolute Gasteiger partial charge is 0.313 e. The van der Waals surface area contributed by atoms with E-state index in [9.17, 15) is 4.79 Å². The Morgan fingerprint density at radius 3 is 3.00 bits per heavy atom. The van der Waals surface area contributed by atoms with Gasteiger partial charge in [0.2, 0.25) is 0 Å². The normalized spacial score (nSPS) is 26.9. The first-order chi connectivity index (χ1) is 6.75. The van der Waals surface area contributed by atoms with E-state index in [1.165, 1.54) is 0 Å². The zero-order chi connectivity index (χ0) is 10.4. The third kappa shape index (κ3) is 2.35. The summed E-state index contributed by atoms with van der Waals surface area (Å²) in [5.41, 5.74) is -0.351. The van der Waals surface area contributed by atoms with Gasteiger partial charge < -0.3 is 10.1 Å². The first-order valence-corrected chi connectivity index (χ1v) is 5.24. The molecule has 1 unspecified atom stereocenters. The molecule has 0 saturated carbocycles. The zero-order valence-corrected chi connectivity index (χ0v) is 8.84. The Hall–Kier alpha value is -0.830. The number of carbonyl (C=O) groups excluding carboxylic acids is 1. The molecule has 14 heavy (non-hydrogen) atoms. The molecule has 80 valence electrons. The van der Waals surface area contributed by atoms with E-state index in [2.05, 4.69) is 11.9 Å². The minimum Gasteiger partial charge on any atom is -0.466 e. The van der Waals surface area contributed by atoms with Crippen molar-refractivity contribution in [2.75, 3.05) is 19.7 Å². The van der Waals surface area contributed by atoms with Gasteiger partial charge in [0.05, 0.1) is 12.0 Å². The van der Waals surface area contributed by atoms with Crippen LogP contribution >= 0.6 is 0 Å². The van der Waals surface area contributed by atoms with Crippen LogP contribution in [-0.4, -0.2) is 25.7 Å². The van der Waals surface area contributed by atoms with Gasteiger partial charge in [-0.15, -0.1) is 6.58 Å². The summed E-state index contributed by atoms with van der Waals surface area (Å²) in [7, 11) is 0. The SMILES string of the molecule is C=CCC1(C(=O)OCC)CCCNC1. The molecule has 0 aromatic heterocycles. The van der Waals surface area contributed by atoms with Crippen molar-refractivity contribution in [2.45, 2.75) is 26.2 Å². The quantitative estimate of drug-likeness (QED) is 0.548. The monoisotopic (exact) mass is 197 g/mol. The molecule has 0 radical (unpaired) electrons. The second kappa shape index (κ2) is 5.15. The molecular weight excluding hydrogens is 178 g/mol. The number of allylic oxidation sites excluding steroid dienone is 1. The largest absolute Gasteiger partial charge is 0.466 e. The van der Waals surface area contributed by atoms with Crippen LogP contribution in [0, 0.1) is 5.41 Å². The fourth-order valence-corrected chi connectivity index (χ4v) is 1.96. The molecule has 1 aliphatic rings. The topological polar surface area (TPSA) is 38.3 Å². The Morgan fingerprint density at radius 1 is 1.71 bits per heavy atom. The summed E-state index contributed by atoms with van der Waals surface area (Å²) in [4.78, 5) is 11.8. The van der Waals surface area contributed by atoms with Crippen molar-refractivity contribution in [1.82, 2.24) is 5.32 Å². The van der Waals surface area contributed by atoms with E-state index < -0.39 is 0 Å². The van der Waals surface area contributed by atoms with Gasteiger partial charge in [-0.05, 0) is 32.7 Å². The lowest BCUT2D eigenvalue weighted by Gasteiger charge is -2.34. The van der Waals surface area contributed by atoms with Gasteiger partial charge in [0, 0.05) is 6.54 Å². The minimum atomic E-state index is -0.351. The number of nitrogens with one attached hydrogen (secondary N) is 1. The molecule has 1 rings (SSSR count). The van der Waals surface area contributed by atoms with Crippen molar-refractivity contribution in [3.63, 3.8) is 0 Å². The molecular formula is C11H19NO2. The van der Waals surface area contributed by atoms with E-state index in [1.807, 2.05) is 13.0 Å². The lowest BCUT2D eigenvalue weighted by atomic mass is 9.78. The average Bonchev–Trinajstić information content (AvgIpc) is 2.20. The van der Waals surface area contributed by atoms with Crippen molar-refractivity contribution < 1.29 is 9.53 Å². The second-order valence-corrected chi connectivity index (χ2v) is 3.77. The maximum atomic E-state index is 11.8. The van der Waals surface area contributed by atoms with Crippen molar-refractivity contribution >= 4 is 5.97 Å². The first kappa shape index (κ1) is 11.2. The summed E-state index contributed by atoms with van der Waals surface area (Å²) in [6, 6.07) is 0. The van der Waals surface area contributed by atoms with Gasteiger partial charge in [-0.3, -0.25) is 4.79 Å². The van der Waals surface area contributed by atoms with E-state index in [-0.39, 0.29) is 11.4 Å². The molecule has 3 nitrogen and oxygen atoms in total. The molecule has 1 atom stereocenters. The molecule has 0 spiro atoms. The van der Waals surface area contributed by atoms with Gasteiger partial charge in [0.1, 0.15) is 0 Å². The lowest BCUT2D eigenvalue weighted by Crippen LogP contribution is -2.46. The molecule has 0 aliphatic carbocycles. The molecule has 1 saturated heterocycles. The number of hydrogen-bond donors (Lipinski definition) is 1. The van der Waals surface area contributed by atoms with Crippen LogP contribution in [0.3, 0.4) is 0 Å². The number of piperidine rings is 1. The van der Waals surface area contributed by atoms with Crippen LogP contribution in [0.1, 0.15) is 26.2 Å². The van der Waals surface area contributed by atoms with Gasteiger partial charge >= 0.3 is 5.97 Å². The van der Waals surface area contributed by atoms with Gasteiger partial charge in [-0.2, -0.15) is 0 Å². The molecule has 0 aromatic rings. The summed E-state index contributed by atoms with van der Waals surface area (Å²) in [6.45, 7) is 7.72. The maximum absolute atomic E-state index is 11.8. The highest BCUT2D eigenvalue weighted by molar-refractivity contribution is 5.77. The number of ether oxygens (including phenoxy) is 1. The van der Waals surface area contributed by atoms with Crippen molar-refractivity contribution in [3.05, 3.63) is 12.7 Å². The van der Waals surface area contributed by atoms with Crippen LogP contribution in [0.2, 0.25) is 0 Å². The molecule has 3 heteroatoms. The van der Waals surface area contributed by atoms with E-state index in [4.69, 9.17) is 4.74 Å². The first-order valence-electron chi connectivity index (χ1n) is 5.24. The van der Waals surface area contributed by atoms with Crippen LogP contribution < -0.4 is 5.32 Å². The summed E-state index contributed by atoms with van der Waals surface area (Å²) in [6.07, 6.45) is 4.46. The van der Waals surface area contributed by atoms with Gasteiger partial charge in [-0.1, -0.05) is 6.08 Å². The van der Waals surface area contributed by atoms with Crippen molar-refractivity contribution in [1.29, 1.82) is 0 Å². The van der Waals surface area contributed by atoms with E-state index in [1.54, 1.807) is 0 Å². The summed E-state index contributed by atoms with van der Waals surface area (Å²) < 4.78 is 5.11. The van der Waals surface area contributed by atoms with Gasteiger partial charge in [0.15, 0.2) is 0 Å². The second-order valence-electron chi connectivity index (χ2n) is 3.77. The zero-order valence-electron chi connectivity index (χ0n) is 8.84. The predicted octanol–water partition coefficient (Wildman–Crippen LogP) is 1.50. The van der Waals surface area contributed by atoms with E-state index in [0.717, 1.165) is 25.9 Å². The van der Waals surface area contributed by atoms with E-state index >= 15 is 0 Å². The van der Waals surface area contributed by atoms with Crippen LogP contribution in [0.5, 0.6) is 0 Å². The standard InChI is InChI=1S/C11H19NO2/c1-3-6-11(10(13)14-4-2)7-5-8-12-9-11/h3,12H,1,4-9H2,2H3. The average molecular weight is 197 g/mol. The molecule has 1 heterocycles. The molecule has 0 amide bonds. The number of rotatable bonds is 4. The Labute approximate surface area is 85.5 Å². The predicted molar refractivity (Wildman–Crippen MR) is 56.0 cm³/mol. The number of hydrogen-bond acceptors (Lipinski definition) is 3.